The molecular weight excluding hydrogens is 168 g/mol. The quantitative estimate of drug-likeness (QED) is 0.375. The largest absolute Gasteiger partial charge is 0.468 e. The third-order valence-electron chi connectivity index (χ3n) is 2.50. The molecule has 0 heterocycles. The Bertz CT molecular complexity index is 232. The first-order valence-corrected chi connectivity index (χ1v) is 4.42. The van der Waals surface area contributed by atoms with Gasteiger partial charge in [0.05, 0.1) is 7.11 Å². The molecule has 0 aromatic heterocycles. The predicted octanol–water partition coefficient (Wildman–Crippen LogP) is 1.33. The second-order valence-electron chi connectivity index (χ2n) is 3.29. The summed E-state index contributed by atoms with van der Waals surface area (Å²) in [4.78, 5) is 22.6. The van der Waals surface area contributed by atoms with E-state index in [-0.39, 0.29) is 11.7 Å². The Labute approximate surface area is 77.8 Å². The van der Waals surface area contributed by atoms with E-state index in [0.717, 1.165) is 6.42 Å². The number of carbonyl (C=O) groups excluding carboxylic acids is 2. The standard InChI is InChI=1S/C10H14O3/c1-3-4-7-5-6-8(11)9(7)10(12)13-2/h3,7,9H,1,4-6H2,2H3/t7-,9+/m0/s1. The average Bonchev–Trinajstić information content (AvgIpc) is 2.47. The van der Waals surface area contributed by atoms with Crippen molar-refractivity contribution in [2.45, 2.75) is 19.3 Å². The van der Waals surface area contributed by atoms with Crippen molar-refractivity contribution in [1.29, 1.82) is 0 Å². The molecule has 0 unspecified atom stereocenters. The number of Topliss-reactive ketones (excluding diaryl/α,β-unsaturated/α-hetero) is 1. The molecule has 1 rings (SSSR count). The second-order valence-corrected chi connectivity index (χ2v) is 3.29. The first-order chi connectivity index (χ1) is 6.20. The number of esters is 1. The SMILES string of the molecule is C=CC[C@H]1CCC(=O)[C@@H]1C(=O)OC. The van der Waals surface area contributed by atoms with Gasteiger partial charge in [0.1, 0.15) is 11.7 Å². The minimum absolute atomic E-state index is 0.0127. The van der Waals surface area contributed by atoms with Crippen LogP contribution in [0.4, 0.5) is 0 Å². The number of hydrogen-bond donors (Lipinski definition) is 0. The minimum atomic E-state index is -0.539. The first-order valence-electron chi connectivity index (χ1n) is 4.42. The molecule has 3 heteroatoms. The van der Waals surface area contributed by atoms with Crippen LogP contribution in [0.3, 0.4) is 0 Å². The van der Waals surface area contributed by atoms with Gasteiger partial charge in [0, 0.05) is 6.42 Å². The lowest BCUT2D eigenvalue weighted by molar-refractivity contribution is -0.149. The summed E-state index contributed by atoms with van der Waals surface area (Å²) in [5.41, 5.74) is 0. The Balaban J connectivity index is 2.70. The highest BCUT2D eigenvalue weighted by Gasteiger charge is 2.39. The van der Waals surface area contributed by atoms with Crippen molar-refractivity contribution in [3.8, 4) is 0 Å². The summed E-state index contributed by atoms with van der Waals surface area (Å²) >= 11 is 0. The molecule has 0 aliphatic heterocycles. The number of hydrogen-bond acceptors (Lipinski definition) is 3. The van der Waals surface area contributed by atoms with Gasteiger partial charge in [0.25, 0.3) is 0 Å². The van der Waals surface area contributed by atoms with Crippen molar-refractivity contribution in [2.24, 2.45) is 11.8 Å². The molecule has 0 aromatic rings. The minimum Gasteiger partial charge on any atom is -0.468 e. The molecule has 1 aliphatic carbocycles. The lowest BCUT2D eigenvalue weighted by atomic mass is 9.93. The smallest absolute Gasteiger partial charge is 0.316 e. The van der Waals surface area contributed by atoms with Crippen molar-refractivity contribution in [3.05, 3.63) is 12.7 Å². The van der Waals surface area contributed by atoms with Crippen LogP contribution < -0.4 is 0 Å². The molecule has 0 aromatic carbocycles. The summed E-state index contributed by atoms with van der Waals surface area (Å²) in [7, 11) is 1.32. The maximum Gasteiger partial charge on any atom is 0.316 e. The van der Waals surface area contributed by atoms with Crippen molar-refractivity contribution in [3.63, 3.8) is 0 Å². The maximum atomic E-state index is 11.3. The Morgan fingerprint density at radius 3 is 3.00 bits per heavy atom. The van der Waals surface area contributed by atoms with E-state index in [0.29, 0.717) is 12.8 Å². The summed E-state index contributed by atoms with van der Waals surface area (Å²) in [6.45, 7) is 3.61. The van der Waals surface area contributed by atoms with E-state index in [1.165, 1.54) is 7.11 Å². The van der Waals surface area contributed by atoms with E-state index in [4.69, 9.17) is 0 Å². The van der Waals surface area contributed by atoms with E-state index in [1.807, 2.05) is 0 Å². The van der Waals surface area contributed by atoms with Crippen molar-refractivity contribution in [2.75, 3.05) is 7.11 Å². The van der Waals surface area contributed by atoms with Crippen LogP contribution in [0, 0.1) is 11.8 Å². The molecule has 0 spiro atoms. The lowest BCUT2D eigenvalue weighted by Gasteiger charge is -2.13. The number of methoxy groups -OCH3 is 1. The summed E-state index contributed by atoms with van der Waals surface area (Å²) in [6.07, 6.45) is 3.74. The summed E-state index contributed by atoms with van der Waals surface area (Å²) < 4.78 is 4.59. The number of ether oxygens (including phenoxy) is 1. The number of carbonyl (C=O) groups is 2. The molecule has 0 radical (unpaired) electrons. The van der Waals surface area contributed by atoms with E-state index >= 15 is 0 Å². The third-order valence-corrected chi connectivity index (χ3v) is 2.50. The highest BCUT2D eigenvalue weighted by molar-refractivity contribution is 6.00. The van der Waals surface area contributed by atoms with Gasteiger partial charge in [-0.3, -0.25) is 9.59 Å². The second kappa shape index (κ2) is 4.21. The van der Waals surface area contributed by atoms with Crippen molar-refractivity contribution >= 4 is 11.8 Å². The molecule has 0 saturated heterocycles. The molecule has 0 amide bonds. The fourth-order valence-corrected chi connectivity index (χ4v) is 1.83. The first kappa shape index (κ1) is 9.96. The number of ketones is 1. The lowest BCUT2D eigenvalue weighted by Crippen LogP contribution is -2.25. The van der Waals surface area contributed by atoms with Gasteiger partial charge in [-0.05, 0) is 18.8 Å². The van der Waals surface area contributed by atoms with Crippen LogP contribution in [0.1, 0.15) is 19.3 Å². The summed E-state index contributed by atoms with van der Waals surface area (Å²) in [5.74, 6) is -0.812. The molecule has 0 bridgehead atoms. The van der Waals surface area contributed by atoms with Gasteiger partial charge in [0.15, 0.2) is 0 Å². The van der Waals surface area contributed by atoms with Crippen LogP contribution >= 0.6 is 0 Å². The van der Waals surface area contributed by atoms with E-state index in [2.05, 4.69) is 11.3 Å². The molecule has 2 atom stereocenters. The van der Waals surface area contributed by atoms with Crippen LogP contribution in [0.5, 0.6) is 0 Å². The van der Waals surface area contributed by atoms with Crippen LogP contribution in [-0.2, 0) is 14.3 Å². The molecular formula is C10H14O3. The summed E-state index contributed by atoms with van der Waals surface area (Å²) in [5, 5.41) is 0. The van der Waals surface area contributed by atoms with Crippen molar-refractivity contribution < 1.29 is 14.3 Å². The van der Waals surface area contributed by atoms with E-state index in [9.17, 15) is 9.59 Å². The van der Waals surface area contributed by atoms with Gasteiger partial charge in [-0.1, -0.05) is 6.08 Å². The van der Waals surface area contributed by atoms with Crippen LogP contribution in [-0.4, -0.2) is 18.9 Å². The van der Waals surface area contributed by atoms with Gasteiger partial charge in [-0.2, -0.15) is 0 Å². The van der Waals surface area contributed by atoms with Crippen LogP contribution in [0.15, 0.2) is 12.7 Å². The Morgan fingerprint density at radius 2 is 2.46 bits per heavy atom. The zero-order valence-corrected chi connectivity index (χ0v) is 7.79. The van der Waals surface area contributed by atoms with Gasteiger partial charge < -0.3 is 4.74 Å². The van der Waals surface area contributed by atoms with Gasteiger partial charge in [-0.15, -0.1) is 6.58 Å². The van der Waals surface area contributed by atoms with Gasteiger partial charge in [0.2, 0.25) is 0 Å². The summed E-state index contributed by atoms with van der Waals surface area (Å²) in [6, 6.07) is 0. The highest BCUT2D eigenvalue weighted by Crippen LogP contribution is 2.32. The fourth-order valence-electron chi connectivity index (χ4n) is 1.83. The topological polar surface area (TPSA) is 43.4 Å². The van der Waals surface area contributed by atoms with Crippen LogP contribution in [0.2, 0.25) is 0 Å². The fraction of sp³-hybridized carbons (Fsp3) is 0.600. The molecule has 72 valence electrons. The predicted molar refractivity (Wildman–Crippen MR) is 48.1 cm³/mol. The van der Waals surface area contributed by atoms with Crippen LogP contribution in [0.25, 0.3) is 0 Å². The number of rotatable bonds is 3. The molecule has 3 nitrogen and oxygen atoms in total. The monoisotopic (exact) mass is 182 g/mol. The molecule has 0 N–H and O–H groups in total. The zero-order chi connectivity index (χ0) is 9.84. The maximum absolute atomic E-state index is 11.3. The molecule has 13 heavy (non-hydrogen) atoms. The van der Waals surface area contributed by atoms with E-state index in [1.54, 1.807) is 6.08 Å². The van der Waals surface area contributed by atoms with Crippen molar-refractivity contribution in [1.82, 2.24) is 0 Å². The van der Waals surface area contributed by atoms with Gasteiger partial charge >= 0.3 is 5.97 Å². The van der Waals surface area contributed by atoms with E-state index < -0.39 is 11.9 Å². The molecule has 1 saturated carbocycles. The zero-order valence-electron chi connectivity index (χ0n) is 7.79. The number of allylic oxidation sites excluding steroid dienone is 1. The molecule has 1 fully saturated rings. The third kappa shape index (κ3) is 1.97. The normalized spacial score (nSPS) is 27.3. The Morgan fingerprint density at radius 1 is 1.77 bits per heavy atom. The van der Waals surface area contributed by atoms with Gasteiger partial charge in [-0.25, -0.2) is 0 Å². The average molecular weight is 182 g/mol. The Kier molecular flexibility index (Phi) is 3.23. The highest BCUT2D eigenvalue weighted by atomic mass is 16.5. The molecule has 1 aliphatic rings. The Hall–Kier alpha value is -1.12.